The molecule has 1 N–H and O–H groups in total. The van der Waals surface area contributed by atoms with Crippen LogP contribution in [0.25, 0.3) is 10.9 Å². The number of hydrogen-bond donors (Lipinski definition) is 1. The zero-order chi connectivity index (χ0) is 13.9. The highest BCUT2D eigenvalue weighted by Gasteiger charge is 2.24. The number of fused-ring (bicyclic) bond motifs is 1. The molecule has 1 fully saturated rings. The zero-order valence-electron chi connectivity index (χ0n) is 12.3. The van der Waals surface area contributed by atoms with Crippen molar-refractivity contribution in [2.45, 2.75) is 26.2 Å². The topological polar surface area (TPSA) is 41.1 Å². The molecule has 0 bridgehead atoms. The summed E-state index contributed by atoms with van der Waals surface area (Å²) in [5.41, 5.74) is 1.01. The number of aromatic nitrogens is 2. The van der Waals surface area contributed by atoms with Crippen molar-refractivity contribution in [2.75, 3.05) is 30.4 Å². The van der Waals surface area contributed by atoms with E-state index in [1.807, 2.05) is 13.1 Å². The molecular formula is C16H22N4. The molecule has 1 saturated heterocycles. The van der Waals surface area contributed by atoms with Crippen LogP contribution in [0.5, 0.6) is 0 Å². The van der Waals surface area contributed by atoms with Gasteiger partial charge < -0.3 is 10.2 Å². The molecule has 4 heteroatoms. The number of para-hydroxylation sites is 1. The summed E-state index contributed by atoms with van der Waals surface area (Å²) >= 11 is 0. The van der Waals surface area contributed by atoms with Crippen LogP contribution in [0.4, 0.5) is 11.8 Å². The number of nitrogens with zero attached hydrogens (tertiary/aromatic N) is 3. The molecule has 0 amide bonds. The van der Waals surface area contributed by atoms with Crippen LogP contribution in [0.2, 0.25) is 0 Å². The first kappa shape index (κ1) is 13.2. The Labute approximate surface area is 120 Å². The summed E-state index contributed by atoms with van der Waals surface area (Å²) in [6.07, 6.45) is 3.87. The first-order valence-electron chi connectivity index (χ1n) is 7.51. The van der Waals surface area contributed by atoms with E-state index in [-0.39, 0.29) is 0 Å². The van der Waals surface area contributed by atoms with Crippen LogP contribution < -0.4 is 10.2 Å². The molecule has 1 aliphatic heterocycles. The monoisotopic (exact) mass is 270 g/mol. The lowest BCUT2D eigenvalue weighted by molar-refractivity contribution is 0.529. The summed E-state index contributed by atoms with van der Waals surface area (Å²) in [4.78, 5) is 11.7. The van der Waals surface area contributed by atoms with Crippen LogP contribution in [-0.2, 0) is 0 Å². The second-order valence-electron chi connectivity index (χ2n) is 5.53. The van der Waals surface area contributed by atoms with Gasteiger partial charge in [-0.1, -0.05) is 25.5 Å². The minimum absolute atomic E-state index is 0.706. The van der Waals surface area contributed by atoms with Gasteiger partial charge in [0.15, 0.2) is 0 Å². The minimum atomic E-state index is 0.706. The predicted molar refractivity (Wildman–Crippen MR) is 84.3 cm³/mol. The fraction of sp³-hybridized carbons (Fsp3) is 0.500. The van der Waals surface area contributed by atoms with Gasteiger partial charge in [0.05, 0.1) is 5.52 Å². The standard InChI is InChI=1S/C16H22N4/c1-3-6-12-9-10-20(11-12)15-13-7-4-5-8-14(13)18-16(17-2)19-15/h4-5,7-8,12H,3,6,9-11H2,1-2H3,(H,17,18,19). The Kier molecular flexibility index (Phi) is 3.72. The average Bonchev–Trinajstić information content (AvgIpc) is 2.95. The van der Waals surface area contributed by atoms with Crippen molar-refractivity contribution in [1.29, 1.82) is 0 Å². The van der Waals surface area contributed by atoms with Gasteiger partial charge in [-0.05, 0) is 30.9 Å². The van der Waals surface area contributed by atoms with E-state index in [1.54, 1.807) is 0 Å². The van der Waals surface area contributed by atoms with Crippen molar-refractivity contribution in [3.05, 3.63) is 24.3 Å². The second-order valence-corrected chi connectivity index (χ2v) is 5.53. The number of rotatable bonds is 4. The molecule has 4 nitrogen and oxygen atoms in total. The van der Waals surface area contributed by atoms with E-state index in [2.05, 4.69) is 40.3 Å². The van der Waals surface area contributed by atoms with Crippen molar-refractivity contribution in [3.8, 4) is 0 Å². The molecule has 0 radical (unpaired) electrons. The van der Waals surface area contributed by atoms with E-state index in [0.29, 0.717) is 5.95 Å². The molecule has 1 aromatic carbocycles. The van der Waals surface area contributed by atoms with E-state index in [1.165, 1.54) is 19.3 Å². The van der Waals surface area contributed by atoms with Gasteiger partial charge in [0.25, 0.3) is 0 Å². The lowest BCUT2D eigenvalue weighted by atomic mass is 10.0. The highest BCUT2D eigenvalue weighted by molar-refractivity contribution is 5.90. The Bertz CT molecular complexity index is 596. The van der Waals surface area contributed by atoms with Crippen molar-refractivity contribution >= 4 is 22.7 Å². The fourth-order valence-corrected chi connectivity index (χ4v) is 3.08. The highest BCUT2D eigenvalue weighted by atomic mass is 15.2. The maximum Gasteiger partial charge on any atom is 0.224 e. The average molecular weight is 270 g/mol. The number of anilines is 2. The number of hydrogen-bond acceptors (Lipinski definition) is 4. The minimum Gasteiger partial charge on any atom is -0.357 e. The van der Waals surface area contributed by atoms with Crippen LogP contribution in [0, 0.1) is 5.92 Å². The summed E-state index contributed by atoms with van der Waals surface area (Å²) in [6, 6.07) is 8.27. The summed E-state index contributed by atoms with van der Waals surface area (Å²) in [5.74, 6) is 2.60. The van der Waals surface area contributed by atoms with Gasteiger partial charge in [0.2, 0.25) is 5.95 Å². The SMILES string of the molecule is CCCC1CCN(c2nc(NC)nc3ccccc23)C1. The summed E-state index contributed by atoms with van der Waals surface area (Å²) in [5, 5.41) is 4.23. The normalized spacial score (nSPS) is 18.7. The van der Waals surface area contributed by atoms with Crippen molar-refractivity contribution in [3.63, 3.8) is 0 Å². The zero-order valence-corrected chi connectivity index (χ0v) is 12.3. The van der Waals surface area contributed by atoms with Crippen LogP contribution in [0.1, 0.15) is 26.2 Å². The molecule has 2 aromatic rings. The predicted octanol–water partition coefficient (Wildman–Crippen LogP) is 3.30. The Morgan fingerprint density at radius 3 is 2.95 bits per heavy atom. The molecule has 3 rings (SSSR count). The maximum absolute atomic E-state index is 4.70. The third-order valence-corrected chi connectivity index (χ3v) is 4.09. The van der Waals surface area contributed by atoms with Crippen LogP contribution in [0.15, 0.2) is 24.3 Å². The quantitative estimate of drug-likeness (QED) is 0.925. The lowest BCUT2D eigenvalue weighted by Gasteiger charge is -2.20. The molecule has 1 unspecified atom stereocenters. The van der Waals surface area contributed by atoms with E-state index in [4.69, 9.17) is 4.98 Å². The van der Waals surface area contributed by atoms with Gasteiger partial charge in [-0.15, -0.1) is 0 Å². The number of benzene rings is 1. The smallest absolute Gasteiger partial charge is 0.224 e. The van der Waals surface area contributed by atoms with E-state index in [0.717, 1.165) is 35.7 Å². The number of nitrogens with one attached hydrogen (secondary N) is 1. The Morgan fingerprint density at radius 1 is 1.30 bits per heavy atom. The molecule has 106 valence electrons. The Hall–Kier alpha value is -1.84. The van der Waals surface area contributed by atoms with Crippen molar-refractivity contribution < 1.29 is 0 Å². The molecule has 0 aliphatic carbocycles. The van der Waals surface area contributed by atoms with Crippen LogP contribution >= 0.6 is 0 Å². The summed E-state index contributed by atoms with van der Waals surface area (Å²) < 4.78 is 0. The Balaban J connectivity index is 1.98. The lowest BCUT2D eigenvalue weighted by Crippen LogP contribution is -2.21. The molecular weight excluding hydrogens is 248 g/mol. The summed E-state index contributed by atoms with van der Waals surface area (Å²) in [6.45, 7) is 4.49. The van der Waals surface area contributed by atoms with E-state index < -0.39 is 0 Å². The van der Waals surface area contributed by atoms with Gasteiger partial charge in [0.1, 0.15) is 5.82 Å². The maximum atomic E-state index is 4.70. The largest absolute Gasteiger partial charge is 0.357 e. The van der Waals surface area contributed by atoms with E-state index in [9.17, 15) is 0 Å². The molecule has 1 aliphatic rings. The van der Waals surface area contributed by atoms with Crippen molar-refractivity contribution in [2.24, 2.45) is 5.92 Å². The molecule has 20 heavy (non-hydrogen) atoms. The summed E-state index contributed by atoms with van der Waals surface area (Å²) in [7, 11) is 1.87. The van der Waals surface area contributed by atoms with Gasteiger partial charge in [0, 0.05) is 25.5 Å². The first-order chi connectivity index (χ1) is 9.81. The van der Waals surface area contributed by atoms with Gasteiger partial charge in [-0.25, -0.2) is 4.98 Å². The van der Waals surface area contributed by atoms with E-state index >= 15 is 0 Å². The second kappa shape index (κ2) is 5.65. The molecule has 0 saturated carbocycles. The molecule has 2 heterocycles. The third kappa shape index (κ3) is 2.42. The molecule has 0 spiro atoms. The third-order valence-electron chi connectivity index (χ3n) is 4.09. The first-order valence-corrected chi connectivity index (χ1v) is 7.51. The Morgan fingerprint density at radius 2 is 2.15 bits per heavy atom. The van der Waals surface area contributed by atoms with Gasteiger partial charge >= 0.3 is 0 Å². The van der Waals surface area contributed by atoms with Gasteiger partial charge in [-0.3, -0.25) is 0 Å². The molecule has 1 aromatic heterocycles. The van der Waals surface area contributed by atoms with Crippen LogP contribution in [0.3, 0.4) is 0 Å². The van der Waals surface area contributed by atoms with Crippen LogP contribution in [-0.4, -0.2) is 30.1 Å². The highest BCUT2D eigenvalue weighted by Crippen LogP contribution is 2.30. The van der Waals surface area contributed by atoms with Gasteiger partial charge in [-0.2, -0.15) is 4.98 Å². The fourth-order valence-electron chi connectivity index (χ4n) is 3.08. The molecule has 1 atom stereocenters. The van der Waals surface area contributed by atoms with Crippen molar-refractivity contribution in [1.82, 2.24) is 9.97 Å².